The molecule has 0 aromatic carbocycles. The van der Waals surface area contributed by atoms with Crippen LogP contribution in [0.3, 0.4) is 0 Å². The number of nitrogens with zero attached hydrogens (tertiary/aromatic N) is 1. The Morgan fingerprint density at radius 3 is 2.83 bits per heavy atom. The minimum Gasteiger partial charge on any atom is -0.383 e. The molecule has 1 heterocycles. The maximum atomic E-state index is 11.5. The fourth-order valence-electron chi connectivity index (χ4n) is 2.02. The van der Waals surface area contributed by atoms with E-state index < -0.39 is 0 Å². The van der Waals surface area contributed by atoms with Crippen molar-refractivity contribution in [3.05, 3.63) is 5.56 Å². The molecular weight excluding hydrogens is 248 g/mol. The van der Waals surface area contributed by atoms with Crippen molar-refractivity contribution in [3.63, 3.8) is 0 Å². The highest BCUT2D eigenvalue weighted by Gasteiger charge is 2.30. The number of anilines is 2. The van der Waals surface area contributed by atoms with E-state index in [4.69, 9.17) is 5.73 Å². The van der Waals surface area contributed by atoms with Gasteiger partial charge in [-0.2, -0.15) is 4.37 Å². The number of hydrogen-bond acceptors (Lipinski definition) is 5. The smallest absolute Gasteiger partial charge is 0.221 e. The Labute approximate surface area is 110 Å². The Kier molecular flexibility index (Phi) is 3.11. The predicted molar refractivity (Wildman–Crippen MR) is 72.8 cm³/mol. The van der Waals surface area contributed by atoms with Crippen LogP contribution >= 0.6 is 11.5 Å². The highest BCUT2D eigenvalue weighted by atomic mass is 32.1. The monoisotopic (exact) mass is 266 g/mol. The van der Waals surface area contributed by atoms with Gasteiger partial charge >= 0.3 is 0 Å². The summed E-state index contributed by atoms with van der Waals surface area (Å²) >= 11 is 1.40. The zero-order valence-electron chi connectivity index (χ0n) is 10.2. The van der Waals surface area contributed by atoms with Gasteiger partial charge in [-0.25, -0.2) is 0 Å². The average Bonchev–Trinajstić information content (AvgIpc) is 3.22. The SMILES string of the molecule is Nc1nsc(NCCC(=O)NC2CC2)c1C1CC1. The van der Waals surface area contributed by atoms with E-state index in [2.05, 4.69) is 15.0 Å². The fourth-order valence-corrected chi connectivity index (χ4v) is 2.84. The maximum absolute atomic E-state index is 11.5. The van der Waals surface area contributed by atoms with Gasteiger partial charge in [0.05, 0.1) is 0 Å². The van der Waals surface area contributed by atoms with Crippen LogP contribution in [-0.2, 0) is 4.79 Å². The second-order valence-corrected chi connectivity index (χ2v) is 5.88. The third-order valence-corrected chi connectivity index (χ3v) is 4.16. The van der Waals surface area contributed by atoms with Crippen LogP contribution in [0.15, 0.2) is 0 Å². The van der Waals surface area contributed by atoms with E-state index >= 15 is 0 Å². The summed E-state index contributed by atoms with van der Waals surface area (Å²) in [5.41, 5.74) is 7.04. The van der Waals surface area contributed by atoms with Gasteiger partial charge in [-0.1, -0.05) is 0 Å². The molecule has 0 unspecified atom stereocenters. The van der Waals surface area contributed by atoms with Crippen molar-refractivity contribution in [2.45, 2.75) is 44.1 Å². The first-order valence-corrected chi connectivity index (χ1v) is 7.29. The van der Waals surface area contributed by atoms with Gasteiger partial charge in [0.25, 0.3) is 0 Å². The van der Waals surface area contributed by atoms with Crippen molar-refractivity contribution >= 4 is 28.3 Å². The molecule has 4 N–H and O–H groups in total. The second kappa shape index (κ2) is 4.76. The van der Waals surface area contributed by atoms with Crippen molar-refractivity contribution in [1.82, 2.24) is 9.69 Å². The Balaban J connectivity index is 1.48. The highest BCUT2D eigenvalue weighted by molar-refractivity contribution is 7.10. The largest absolute Gasteiger partial charge is 0.383 e. The van der Waals surface area contributed by atoms with Crippen molar-refractivity contribution in [2.24, 2.45) is 0 Å². The third kappa shape index (κ3) is 2.75. The summed E-state index contributed by atoms with van der Waals surface area (Å²) in [6.07, 6.45) is 5.20. The van der Waals surface area contributed by atoms with E-state index in [1.807, 2.05) is 0 Å². The molecule has 6 heteroatoms. The Morgan fingerprint density at radius 2 is 2.17 bits per heavy atom. The minimum absolute atomic E-state index is 0.135. The van der Waals surface area contributed by atoms with Crippen molar-refractivity contribution in [3.8, 4) is 0 Å². The number of nitrogen functional groups attached to an aromatic ring is 1. The van der Waals surface area contributed by atoms with Crippen LogP contribution in [0.4, 0.5) is 10.8 Å². The molecule has 2 fully saturated rings. The minimum atomic E-state index is 0.135. The average molecular weight is 266 g/mol. The van der Waals surface area contributed by atoms with Gasteiger partial charge in [-0.3, -0.25) is 4.79 Å². The summed E-state index contributed by atoms with van der Waals surface area (Å²) in [5, 5.41) is 7.32. The van der Waals surface area contributed by atoms with Crippen LogP contribution in [0, 0.1) is 0 Å². The van der Waals surface area contributed by atoms with Gasteiger partial charge in [0.2, 0.25) is 5.91 Å². The van der Waals surface area contributed by atoms with Crippen LogP contribution in [0.2, 0.25) is 0 Å². The van der Waals surface area contributed by atoms with Gasteiger partial charge < -0.3 is 16.4 Å². The van der Waals surface area contributed by atoms with Crippen LogP contribution < -0.4 is 16.4 Å². The first-order valence-electron chi connectivity index (χ1n) is 6.52. The molecule has 2 aliphatic rings. The van der Waals surface area contributed by atoms with Crippen molar-refractivity contribution < 1.29 is 4.79 Å². The number of carbonyl (C=O) groups excluding carboxylic acids is 1. The lowest BCUT2D eigenvalue weighted by Gasteiger charge is -2.06. The van der Waals surface area contributed by atoms with Crippen LogP contribution in [0.25, 0.3) is 0 Å². The van der Waals surface area contributed by atoms with Gasteiger partial charge in [0, 0.05) is 24.6 Å². The molecule has 0 saturated heterocycles. The molecule has 2 saturated carbocycles. The van der Waals surface area contributed by atoms with Crippen LogP contribution in [0.5, 0.6) is 0 Å². The second-order valence-electron chi connectivity index (χ2n) is 5.10. The molecule has 0 aliphatic heterocycles. The Hall–Kier alpha value is -1.30. The topological polar surface area (TPSA) is 80.0 Å². The lowest BCUT2D eigenvalue weighted by molar-refractivity contribution is -0.120. The van der Waals surface area contributed by atoms with E-state index in [0.717, 1.165) is 17.8 Å². The molecular formula is C12H18N4OS. The molecule has 0 radical (unpaired) electrons. The number of hydrogen-bond donors (Lipinski definition) is 3. The normalized spacial score (nSPS) is 18.7. The van der Waals surface area contributed by atoms with E-state index in [1.54, 1.807) is 0 Å². The van der Waals surface area contributed by atoms with Crippen LogP contribution in [-0.4, -0.2) is 22.9 Å². The van der Waals surface area contributed by atoms with Gasteiger partial charge in [-0.15, -0.1) is 0 Å². The number of nitrogens with one attached hydrogen (secondary N) is 2. The molecule has 98 valence electrons. The Bertz CT molecular complexity index is 451. The fraction of sp³-hybridized carbons (Fsp3) is 0.667. The number of carbonyl (C=O) groups is 1. The lowest BCUT2D eigenvalue weighted by Crippen LogP contribution is -2.27. The summed E-state index contributed by atoms with van der Waals surface area (Å²) in [6, 6.07) is 0.443. The van der Waals surface area contributed by atoms with E-state index in [0.29, 0.717) is 30.7 Å². The zero-order chi connectivity index (χ0) is 12.5. The van der Waals surface area contributed by atoms with Crippen molar-refractivity contribution in [1.29, 1.82) is 0 Å². The molecule has 3 rings (SSSR count). The molecule has 2 aliphatic carbocycles. The van der Waals surface area contributed by atoms with Crippen LogP contribution in [0.1, 0.15) is 43.6 Å². The summed E-state index contributed by atoms with van der Waals surface area (Å²) in [6.45, 7) is 0.653. The maximum Gasteiger partial charge on any atom is 0.221 e. The third-order valence-electron chi connectivity index (χ3n) is 3.32. The molecule has 5 nitrogen and oxygen atoms in total. The summed E-state index contributed by atoms with van der Waals surface area (Å²) in [7, 11) is 0. The lowest BCUT2D eigenvalue weighted by atomic mass is 10.2. The van der Waals surface area contributed by atoms with E-state index in [9.17, 15) is 4.79 Å². The number of nitrogens with two attached hydrogens (primary N) is 1. The standard InChI is InChI=1S/C12H18N4OS/c13-11-10(7-1-2-7)12(18-16-11)14-6-5-9(17)15-8-3-4-8/h7-8,14H,1-6H2,(H2,13,16)(H,15,17). The quantitative estimate of drug-likeness (QED) is 0.732. The van der Waals surface area contributed by atoms with Gasteiger partial charge in [0.1, 0.15) is 10.8 Å². The van der Waals surface area contributed by atoms with Gasteiger partial charge in [-0.05, 0) is 43.1 Å². The first kappa shape index (κ1) is 11.8. The zero-order valence-corrected chi connectivity index (χ0v) is 11.1. The van der Waals surface area contributed by atoms with Crippen molar-refractivity contribution in [2.75, 3.05) is 17.6 Å². The molecule has 0 atom stereocenters. The molecule has 1 amide bonds. The molecule has 1 aromatic heterocycles. The molecule has 1 aromatic rings. The molecule has 0 bridgehead atoms. The Morgan fingerprint density at radius 1 is 1.39 bits per heavy atom. The van der Waals surface area contributed by atoms with Gasteiger partial charge in [0.15, 0.2) is 0 Å². The summed E-state index contributed by atoms with van der Waals surface area (Å²) in [4.78, 5) is 11.5. The summed E-state index contributed by atoms with van der Waals surface area (Å²) in [5.74, 6) is 1.38. The first-order chi connectivity index (χ1) is 8.74. The summed E-state index contributed by atoms with van der Waals surface area (Å²) < 4.78 is 4.19. The predicted octanol–water partition coefficient (Wildman–Crippen LogP) is 1.68. The number of amides is 1. The molecule has 18 heavy (non-hydrogen) atoms. The number of rotatable bonds is 6. The highest BCUT2D eigenvalue weighted by Crippen LogP contribution is 2.47. The van der Waals surface area contributed by atoms with E-state index in [1.165, 1.54) is 29.9 Å². The van der Waals surface area contributed by atoms with E-state index in [-0.39, 0.29) is 5.91 Å². The number of aromatic nitrogens is 1. The molecule has 0 spiro atoms.